The molecule has 1 aromatic carbocycles. The van der Waals surface area contributed by atoms with Gasteiger partial charge in [0.05, 0.1) is 13.5 Å². The Morgan fingerprint density at radius 2 is 1.70 bits per heavy atom. The predicted molar refractivity (Wildman–Crippen MR) is 74.8 cm³/mol. The second kappa shape index (κ2) is 6.05. The molecule has 0 aliphatic heterocycles. The van der Waals surface area contributed by atoms with E-state index in [9.17, 15) is 9.59 Å². The zero-order valence-electron chi connectivity index (χ0n) is 12.3. The van der Waals surface area contributed by atoms with Crippen molar-refractivity contribution in [1.29, 1.82) is 0 Å². The molecule has 1 rings (SSSR count). The maximum atomic E-state index is 12.4. The first-order valence-electron chi connectivity index (χ1n) is 6.34. The standard InChI is InChI=1S/C15H21NO4/c1-14(2,3)20-13(18)15(16,10-12(17)19-4)11-8-6-5-7-9-11/h5-9H,10,16H2,1-4H3. The summed E-state index contributed by atoms with van der Waals surface area (Å²) in [6.45, 7) is 5.23. The van der Waals surface area contributed by atoms with Crippen LogP contribution in [0.2, 0.25) is 0 Å². The van der Waals surface area contributed by atoms with E-state index in [0.717, 1.165) is 0 Å². The normalized spacial score (nSPS) is 14.2. The smallest absolute Gasteiger partial charge is 0.331 e. The molecule has 0 aromatic heterocycles. The van der Waals surface area contributed by atoms with Crippen molar-refractivity contribution in [3.63, 3.8) is 0 Å². The summed E-state index contributed by atoms with van der Waals surface area (Å²) in [6, 6.07) is 8.67. The summed E-state index contributed by atoms with van der Waals surface area (Å²) in [5, 5.41) is 0. The highest BCUT2D eigenvalue weighted by Crippen LogP contribution is 2.26. The maximum Gasteiger partial charge on any atom is 0.331 e. The molecule has 1 atom stereocenters. The number of carbonyl (C=O) groups is 2. The molecule has 0 radical (unpaired) electrons. The Bertz CT molecular complexity index is 478. The second-order valence-electron chi connectivity index (χ2n) is 5.59. The first-order valence-corrected chi connectivity index (χ1v) is 6.34. The third-order valence-electron chi connectivity index (χ3n) is 2.70. The molecule has 0 amide bonds. The molecule has 110 valence electrons. The number of benzene rings is 1. The van der Waals surface area contributed by atoms with Crippen molar-refractivity contribution < 1.29 is 19.1 Å². The van der Waals surface area contributed by atoms with Gasteiger partial charge in [-0.25, -0.2) is 4.79 Å². The molecule has 5 heteroatoms. The number of hydrogen-bond donors (Lipinski definition) is 1. The van der Waals surface area contributed by atoms with Gasteiger partial charge in [0, 0.05) is 0 Å². The van der Waals surface area contributed by atoms with E-state index >= 15 is 0 Å². The Kier molecular flexibility index (Phi) is 4.89. The van der Waals surface area contributed by atoms with Crippen molar-refractivity contribution in [2.75, 3.05) is 7.11 Å². The topological polar surface area (TPSA) is 78.6 Å². The summed E-state index contributed by atoms with van der Waals surface area (Å²) in [5.41, 5.74) is 4.44. The van der Waals surface area contributed by atoms with E-state index < -0.39 is 23.1 Å². The second-order valence-corrected chi connectivity index (χ2v) is 5.59. The molecular weight excluding hydrogens is 258 g/mol. The highest BCUT2D eigenvalue weighted by Gasteiger charge is 2.42. The third-order valence-corrected chi connectivity index (χ3v) is 2.70. The van der Waals surface area contributed by atoms with Crippen molar-refractivity contribution in [2.45, 2.75) is 38.3 Å². The van der Waals surface area contributed by atoms with Crippen molar-refractivity contribution in [2.24, 2.45) is 5.73 Å². The van der Waals surface area contributed by atoms with Crippen LogP contribution < -0.4 is 5.73 Å². The Morgan fingerprint density at radius 1 is 1.15 bits per heavy atom. The monoisotopic (exact) mass is 279 g/mol. The van der Waals surface area contributed by atoms with Gasteiger partial charge in [-0.2, -0.15) is 0 Å². The molecule has 1 aromatic rings. The summed E-state index contributed by atoms with van der Waals surface area (Å²) in [7, 11) is 1.25. The Balaban J connectivity index is 3.14. The molecule has 0 bridgehead atoms. The summed E-state index contributed by atoms with van der Waals surface area (Å²) in [4.78, 5) is 23.9. The zero-order chi connectivity index (χ0) is 15.4. The molecule has 20 heavy (non-hydrogen) atoms. The molecule has 0 spiro atoms. The minimum atomic E-state index is -1.55. The van der Waals surface area contributed by atoms with Gasteiger partial charge in [0.15, 0.2) is 5.54 Å². The first-order chi connectivity index (χ1) is 9.19. The van der Waals surface area contributed by atoms with Crippen LogP contribution in [0.3, 0.4) is 0 Å². The molecule has 0 aliphatic carbocycles. The highest BCUT2D eigenvalue weighted by molar-refractivity contribution is 5.88. The molecular formula is C15H21NO4. The van der Waals surface area contributed by atoms with E-state index in [4.69, 9.17) is 10.5 Å². The van der Waals surface area contributed by atoms with E-state index in [1.807, 2.05) is 0 Å². The van der Waals surface area contributed by atoms with E-state index in [0.29, 0.717) is 5.56 Å². The molecule has 0 saturated carbocycles. The fourth-order valence-electron chi connectivity index (χ4n) is 1.70. The van der Waals surface area contributed by atoms with Crippen molar-refractivity contribution in [3.8, 4) is 0 Å². The zero-order valence-corrected chi connectivity index (χ0v) is 12.3. The molecule has 0 saturated heterocycles. The van der Waals surface area contributed by atoms with Gasteiger partial charge < -0.3 is 15.2 Å². The summed E-state index contributed by atoms with van der Waals surface area (Å²) in [6.07, 6.45) is -0.275. The largest absolute Gasteiger partial charge is 0.469 e. The van der Waals surface area contributed by atoms with Crippen LogP contribution in [0.4, 0.5) is 0 Å². The van der Waals surface area contributed by atoms with Crippen LogP contribution in [0.1, 0.15) is 32.8 Å². The maximum absolute atomic E-state index is 12.4. The summed E-state index contributed by atoms with van der Waals surface area (Å²) < 4.78 is 9.95. The lowest BCUT2D eigenvalue weighted by molar-refractivity contribution is -0.165. The van der Waals surface area contributed by atoms with Gasteiger partial charge in [-0.15, -0.1) is 0 Å². The van der Waals surface area contributed by atoms with Crippen LogP contribution in [0, 0.1) is 0 Å². The van der Waals surface area contributed by atoms with Gasteiger partial charge in [0.1, 0.15) is 5.60 Å². The number of ether oxygens (including phenoxy) is 2. The highest BCUT2D eigenvalue weighted by atomic mass is 16.6. The van der Waals surface area contributed by atoms with Gasteiger partial charge in [-0.05, 0) is 26.3 Å². The van der Waals surface area contributed by atoms with E-state index in [1.54, 1.807) is 51.1 Å². The number of nitrogens with two attached hydrogens (primary N) is 1. The van der Waals surface area contributed by atoms with Crippen LogP contribution >= 0.6 is 0 Å². The fourth-order valence-corrected chi connectivity index (χ4v) is 1.70. The molecule has 0 fully saturated rings. The average molecular weight is 279 g/mol. The first kappa shape index (κ1) is 16.2. The predicted octanol–water partition coefficient (Wildman–Crippen LogP) is 1.75. The van der Waals surface area contributed by atoms with E-state index in [1.165, 1.54) is 7.11 Å². The van der Waals surface area contributed by atoms with Gasteiger partial charge in [0.25, 0.3) is 0 Å². The lowest BCUT2D eigenvalue weighted by Crippen LogP contribution is -2.50. The van der Waals surface area contributed by atoms with Crippen molar-refractivity contribution >= 4 is 11.9 Å². The minimum absolute atomic E-state index is 0.275. The van der Waals surface area contributed by atoms with Gasteiger partial charge >= 0.3 is 11.9 Å². The molecule has 0 heterocycles. The SMILES string of the molecule is COC(=O)CC(N)(C(=O)OC(C)(C)C)c1ccccc1. The van der Waals surface area contributed by atoms with Crippen LogP contribution in [0.15, 0.2) is 30.3 Å². The fraction of sp³-hybridized carbons (Fsp3) is 0.467. The van der Waals surface area contributed by atoms with Crippen LogP contribution in [0.25, 0.3) is 0 Å². The van der Waals surface area contributed by atoms with Gasteiger partial charge in [-0.1, -0.05) is 30.3 Å². The van der Waals surface area contributed by atoms with Crippen LogP contribution in [-0.2, 0) is 24.6 Å². The van der Waals surface area contributed by atoms with Crippen molar-refractivity contribution in [3.05, 3.63) is 35.9 Å². The molecule has 5 nitrogen and oxygen atoms in total. The number of hydrogen-bond acceptors (Lipinski definition) is 5. The average Bonchev–Trinajstić information content (AvgIpc) is 2.37. The summed E-state index contributed by atoms with van der Waals surface area (Å²) in [5.74, 6) is -1.22. The van der Waals surface area contributed by atoms with Gasteiger partial charge in [-0.3, -0.25) is 4.79 Å². The van der Waals surface area contributed by atoms with E-state index in [-0.39, 0.29) is 6.42 Å². The molecule has 1 unspecified atom stereocenters. The molecule has 2 N–H and O–H groups in total. The number of rotatable bonds is 4. The number of methoxy groups -OCH3 is 1. The Hall–Kier alpha value is -1.88. The van der Waals surface area contributed by atoms with Gasteiger partial charge in [0.2, 0.25) is 0 Å². The van der Waals surface area contributed by atoms with Crippen LogP contribution in [-0.4, -0.2) is 24.6 Å². The quantitative estimate of drug-likeness (QED) is 0.849. The van der Waals surface area contributed by atoms with Crippen molar-refractivity contribution in [1.82, 2.24) is 0 Å². The van der Waals surface area contributed by atoms with Crippen LogP contribution in [0.5, 0.6) is 0 Å². The Labute approximate surface area is 119 Å². The van der Waals surface area contributed by atoms with E-state index in [2.05, 4.69) is 4.74 Å². The minimum Gasteiger partial charge on any atom is -0.469 e. The number of carbonyl (C=O) groups excluding carboxylic acids is 2. The lowest BCUT2D eigenvalue weighted by Gasteiger charge is -2.30. The lowest BCUT2D eigenvalue weighted by atomic mass is 9.87. The Morgan fingerprint density at radius 3 is 2.15 bits per heavy atom. The summed E-state index contributed by atoms with van der Waals surface area (Å²) >= 11 is 0. The molecule has 0 aliphatic rings. The third kappa shape index (κ3) is 4.06. The number of esters is 2.